The van der Waals surface area contributed by atoms with Gasteiger partial charge in [0.2, 0.25) is 12.5 Å². The van der Waals surface area contributed by atoms with Crippen molar-refractivity contribution in [2.75, 3.05) is 26.6 Å². The number of hydrogen-bond donors (Lipinski definition) is 2. The average Bonchev–Trinajstić information content (AvgIpc) is 3.36. The molecule has 9 nitrogen and oxygen atoms in total. The van der Waals surface area contributed by atoms with Crippen molar-refractivity contribution in [2.24, 2.45) is 0 Å². The summed E-state index contributed by atoms with van der Waals surface area (Å²) in [5.41, 5.74) is 0.708. The normalized spacial score (nSPS) is 17.2. The molecular weight excluding hydrogens is 390 g/mol. The van der Waals surface area contributed by atoms with E-state index in [-0.39, 0.29) is 34.8 Å². The molecule has 30 heavy (non-hydrogen) atoms. The third-order valence-electron chi connectivity index (χ3n) is 5.92. The van der Waals surface area contributed by atoms with Crippen LogP contribution in [0.15, 0.2) is 33.7 Å². The molecule has 1 saturated heterocycles. The Kier molecular flexibility index (Phi) is 4.47. The van der Waals surface area contributed by atoms with E-state index in [1.54, 1.807) is 6.92 Å². The predicted molar refractivity (Wildman–Crippen MR) is 106 cm³/mol. The van der Waals surface area contributed by atoms with Gasteiger partial charge in [-0.2, -0.15) is 0 Å². The van der Waals surface area contributed by atoms with E-state index in [0.717, 1.165) is 24.2 Å². The fourth-order valence-electron chi connectivity index (χ4n) is 4.22. The number of nitrogens with zero attached hydrogens (tertiary/aromatic N) is 1. The first-order valence-electron chi connectivity index (χ1n) is 9.80. The van der Waals surface area contributed by atoms with Gasteiger partial charge >= 0.3 is 0 Å². The highest BCUT2D eigenvalue weighted by molar-refractivity contribution is 6.06. The summed E-state index contributed by atoms with van der Waals surface area (Å²) >= 11 is 0. The van der Waals surface area contributed by atoms with Crippen molar-refractivity contribution in [3.63, 3.8) is 0 Å². The zero-order valence-electron chi connectivity index (χ0n) is 16.4. The van der Waals surface area contributed by atoms with Crippen LogP contribution in [-0.4, -0.2) is 42.4 Å². The molecule has 2 aromatic heterocycles. The Hall–Kier alpha value is -3.33. The van der Waals surface area contributed by atoms with Gasteiger partial charge in [-0.15, -0.1) is 0 Å². The van der Waals surface area contributed by atoms with Crippen molar-refractivity contribution >= 4 is 17.0 Å². The number of amides is 1. The number of aromatic amines is 1. The number of nitrogens with one attached hydrogen (secondary N) is 2. The van der Waals surface area contributed by atoms with Crippen LogP contribution < -0.4 is 20.3 Å². The van der Waals surface area contributed by atoms with Crippen molar-refractivity contribution in [1.82, 2.24) is 15.3 Å². The van der Waals surface area contributed by atoms with Gasteiger partial charge in [-0.3, -0.25) is 9.59 Å². The maximum atomic E-state index is 13.1. The lowest BCUT2D eigenvalue weighted by Gasteiger charge is -2.38. The van der Waals surface area contributed by atoms with E-state index in [9.17, 15) is 9.59 Å². The van der Waals surface area contributed by atoms with E-state index < -0.39 is 5.56 Å². The van der Waals surface area contributed by atoms with Crippen molar-refractivity contribution in [1.29, 1.82) is 0 Å². The number of rotatable bonds is 4. The Morgan fingerprint density at radius 2 is 2.03 bits per heavy atom. The SMILES string of the molecule is Cc1oc2nc[nH]c(=O)c2c1C(=O)NCC1(c2ccc3c(c2)OCO3)CCOCC1. The second kappa shape index (κ2) is 7.17. The fourth-order valence-corrected chi connectivity index (χ4v) is 4.22. The Labute approximate surface area is 171 Å². The van der Waals surface area contributed by atoms with Crippen LogP contribution in [0.1, 0.15) is 34.5 Å². The number of aromatic nitrogens is 2. The number of carbonyl (C=O) groups is 1. The minimum atomic E-state index is -0.404. The van der Waals surface area contributed by atoms with Crippen LogP contribution in [0, 0.1) is 6.92 Å². The van der Waals surface area contributed by atoms with E-state index >= 15 is 0 Å². The first-order chi connectivity index (χ1) is 14.6. The molecule has 2 aliphatic rings. The number of aryl methyl sites for hydroxylation is 1. The molecule has 4 heterocycles. The summed E-state index contributed by atoms with van der Waals surface area (Å²) in [7, 11) is 0. The van der Waals surface area contributed by atoms with E-state index in [1.807, 2.05) is 18.2 Å². The van der Waals surface area contributed by atoms with E-state index in [2.05, 4.69) is 15.3 Å². The van der Waals surface area contributed by atoms with E-state index in [0.29, 0.717) is 31.3 Å². The van der Waals surface area contributed by atoms with Crippen LogP contribution in [-0.2, 0) is 10.2 Å². The third kappa shape index (κ3) is 3.02. The van der Waals surface area contributed by atoms with Gasteiger partial charge < -0.3 is 28.9 Å². The first-order valence-corrected chi connectivity index (χ1v) is 9.80. The summed E-state index contributed by atoms with van der Waals surface area (Å²) in [4.78, 5) is 31.8. The maximum Gasteiger partial charge on any atom is 0.262 e. The highest BCUT2D eigenvalue weighted by Crippen LogP contribution is 2.40. The molecule has 0 unspecified atom stereocenters. The van der Waals surface area contributed by atoms with Gasteiger partial charge in [-0.05, 0) is 37.5 Å². The minimum Gasteiger partial charge on any atom is -0.454 e. The molecule has 0 bridgehead atoms. The molecule has 156 valence electrons. The predicted octanol–water partition coefficient (Wildman–Crippen LogP) is 2.03. The van der Waals surface area contributed by atoms with Gasteiger partial charge in [0.1, 0.15) is 11.1 Å². The molecule has 5 rings (SSSR count). The molecule has 2 N–H and O–H groups in total. The monoisotopic (exact) mass is 411 g/mol. The van der Waals surface area contributed by atoms with Gasteiger partial charge in [0.25, 0.3) is 11.5 Å². The molecule has 1 aromatic carbocycles. The summed E-state index contributed by atoms with van der Waals surface area (Å²) in [5, 5.41) is 3.18. The van der Waals surface area contributed by atoms with E-state index in [4.69, 9.17) is 18.6 Å². The molecule has 0 atom stereocenters. The van der Waals surface area contributed by atoms with Crippen LogP contribution in [0.2, 0.25) is 0 Å². The zero-order chi connectivity index (χ0) is 20.7. The Morgan fingerprint density at radius 1 is 1.23 bits per heavy atom. The topological polar surface area (TPSA) is 116 Å². The van der Waals surface area contributed by atoms with Crippen molar-refractivity contribution in [3.05, 3.63) is 51.8 Å². The van der Waals surface area contributed by atoms with E-state index in [1.165, 1.54) is 6.33 Å². The molecule has 1 fully saturated rings. The number of ether oxygens (including phenoxy) is 3. The van der Waals surface area contributed by atoms with Crippen molar-refractivity contribution < 1.29 is 23.4 Å². The van der Waals surface area contributed by atoms with Gasteiger partial charge in [0.15, 0.2) is 11.5 Å². The van der Waals surface area contributed by atoms with Gasteiger partial charge in [-0.25, -0.2) is 4.98 Å². The van der Waals surface area contributed by atoms with Gasteiger partial charge in [-0.1, -0.05) is 6.07 Å². The quantitative estimate of drug-likeness (QED) is 0.675. The zero-order valence-corrected chi connectivity index (χ0v) is 16.4. The molecule has 3 aromatic rings. The second-order valence-electron chi connectivity index (χ2n) is 7.59. The van der Waals surface area contributed by atoms with Gasteiger partial charge in [0, 0.05) is 25.2 Å². The molecular formula is C21H21N3O6. The lowest BCUT2D eigenvalue weighted by molar-refractivity contribution is 0.0486. The molecule has 0 radical (unpaired) electrons. The molecule has 9 heteroatoms. The Balaban J connectivity index is 1.45. The largest absolute Gasteiger partial charge is 0.454 e. The first kappa shape index (κ1) is 18.7. The number of hydrogen-bond acceptors (Lipinski definition) is 7. The lowest BCUT2D eigenvalue weighted by Crippen LogP contribution is -2.44. The smallest absolute Gasteiger partial charge is 0.262 e. The molecule has 1 amide bonds. The highest BCUT2D eigenvalue weighted by atomic mass is 16.7. The van der Waals surface area contributed by atoms with Crippen molar-refractivity contribution in [2.45, 2.75) is 25.2 Å². The number of H-pyrrole nitrogens is 1. The summed E-state index contributed by atoms with van der Waals surface area (Å²) in [5.74, 6) is 1.42. The van der Waals surface area contributed by atoms with Gasteiger partial charge in [0.05, 0.1) is 11.9 Å². The maximum absolute atomic E-state index is 13.1. The summed E-state index contributed by atoms with van der Waals surface area (Å²) in [6, 6.07) is 5.89. The summed E-state index contributed by atoms with van der Waals surface area (Å²) in [6.07, 6.45) is 2.76. The third-order valence-corrected chi connectivity index (χ3v) is 5.92. The van der Waals surface area contributed by atoms with Crippen LogP contribution in [0.4, 0.5) is 0 Å². The number of carbonyl (C=O) groups excluding carboxylic acids is 1. The number of benzene rings is 1. The number of fused-ring (bicyclic) bond motifs is 2. The summed E-state index contributed by atoms with van der Waals surface area (Å²) < 4.78 is 22.0. The van der Waals surface area contributed by atoms with Crippen molar-refractivity contribution in [3.8, 4) is 11.5 Å². The fraction of sp³-hybridized carbons (Fsp3) is 0.381. The second-order valence-corrected chi connectivity index (χ2v) is 7.59. The van der Waals surface area contributed by atoms with Crippen LogP contribution in [0.25, 0.3) is 11.1 Å². The Morgan fingerprint density at radius 3 is 2.87 bits per heavy atom. The molecule has 0 aliphatic carbocycles. The Bertz CT molecular complexity index is 1180. The molecule has 2 aliphatic heterocycles. The standard InChI is InChI=1S/C21H21N3O6/c1-12-16(17-19(26)23-10-24-20(17)30-12)18(25)22-9-21(4-6-27-7-5-21)13-2-3-14-15(8-13)29-11-28-14/h2-3,8,10H,4-7,9,11H2,1H3,(H,22,25)(H,23,24,26). The minimum absolute atomic E-state index is 0.151. The summed E-state index contributed by atoms with van der Waals surface area (Å²) in [6.45, 7) is 3.45. The molecule has 0 saturated carbocycles. The highest BCUT2D eigenvalue weighted by Gasteiger charge is 2.36. The van der Waals surface area contributed by atoms with Crippen LogP contribution in [0.5, 0.6) is 11.5 Å². The lowest BCUT2D eigenvalue weighted by atomic mass is 9.74. The van der Waals surface area contributed by atoms with Crippen LogP contribution >= 0.6 is 0 Å². The average molecular weight is 411 g/mol. The molecule has 0 spiro atoms. The van der Waals surface area contributed by atoms with Crippen LogP contribution in [0.3, 0.4) is 0 Å². The number of furan rings is 1.